The Morgan fingerprint density at radius 1 is 1.35 bits per heavy atom. The highest BCUT2D eigenvalue weighted by Crippen LogP contribution is 2.36. The van der Waals surface area contributed by atoms with Gasteiger partial charge in [-0.05, 0) is 31.1 Å². The number of benzene rings is 1. The van der Waals surface area contributed by atoms with Crippen LogP contribution >= 0.6 is 0 Å². The van der Waals surface area contributed by atoms with Crippen molar-refractivity contribution in [1.82, 2.24) is 4.90 Å². The zero-order valence-corrected chi connectivity index (χ0v) is 10.6. The summed E-state index contributed by atoms with van der Waals surface area (Å²) in [6.45, 7) is 8.39. The van der Waals surface area contributed by atoms with Crippen molar-refractivity contribution in [2.24, 2.45) is 0 Å². The van der Waals surface area contributed by atoms with Crippen LogP contribution in [0.2, 0.25) is 0 Å². The number of nitrogens with zero attached hydrogens (tertiary/aromatic N) is 1. The molecule has 1 aliphatic heterocycles. The van der Waals surface area contributed by atoms with Gasteiger partial charge in [0.15, 0.2) is 0 Å². The van der Waals surface area contributed by atoms with Gasteiger partial charge in [0.05, 0.1) is 6.61 Å². The van der Waals surface area contributed by atoms with Gasteiger partial charge in [-0.3, -0.25) is 0 Å². The fourth-order valence-electron chi connectivity index (χ4n) is 2.44. The van der Waals surface area contributed by atoms with Crippen molar-refractivity contribution in [2.75, 3.05) is 26.2 Å². The number of phenolic OH excluding ortho intramolecular Hbond substituents is 1. The Hall–Kier alpha value is -1.22. The minimum Gasteiger partial charge on any atom is -0.508 e. The van der Waals surface area contributed by atoms with E-state index >= 15 is 0 Å². The molecule has 1 atom stereocenters. The molecule has 1 aromatic rings. The van der Waals surface area contributed by atoms with Crippen LogP contribution < -0.4 is 4.74 Å². The predicted octanol–water partition coefficient (Wildman–Crippen LogP) is 2.60. The SMILES string of the molecule is CCN(CC)CC1CCOc2cc(O)ccc21. The van der Waals surface area contributed by atoms with Crippen LogP contribution in [0.4, 0.5) is 0 Å². The Balaban J connectivity index is 2.16. The fourth-order valence-corrected chi connectivity index (χ4v) is 2.44. The van der Waals surface area contributed by atoms with Gasteiger partial charge in [-0.25, -0.2) is 0 Å². The zero-order chi connectivity index (χ0) is 12.3. The van der Waals surface area contributed by atoms with E-state index in [2.05, 4.69) is 18.7 Å². The lowest BCUT2D eigenvalue weighted by Gasteiger charge is -2.30. The van der Waals surface area contributed by atoms with E-state index in [0.29, 0.717) is 5.92 Å². The molecular formula is C14H21NO2. The Kier molecular flexibility index (Phi) is 3.89. The van der Waals surface area contributed by atoms with Gasteiger partial charge in [-0.2, -0.15) is 0 Å². The number of hydrogen-bond donors (Lipinski definition) is 1. The van der Waals surface area contributed by atoms with Crippen molar-refractivity contribution in [1.29, 1.82) is 0 Å². The second-order valence-corrected chi connectivity index (χ2v) is 4.54. The summed E-state index contributed by atoms with van der Waals surface area (Å²) in [6.07, 6.45) is 1.06. The lowest BCUT2D eigenvalue weighted by Crippen LogP contribution is -2.30. The van der Waals surface area contributed by atoms with E-state index in [1.54, 1.807) is 12.1 Å². The number of rotatable bonds is 4. The second kappa shape index (κ2) is 5.41. The molecule has 17 heavy (non-hydrogen) atoms. The van der Waals surface area contributed by atoms with E-state index in [0.717, 1.165) is 38.4 Å². The minimum absolute atomic E-state index is 0.284. The molecule has 3 nitrogen and oxygen atoms in total. The third-order valence-electron chi connectivity index (χ3n) is 3.53. The van der Waals surface area contributed by atoms with Crippen LogP contribution in [0.1, 0.15) is 31.7 Å². The molecule has 0 bridgehead atoms. The van der Waals surface area contributed by atoms with Gasteiger partial charge in [0.2, 0.25) is 0 Å². The third kappa shape index (κ3) is 2.72. The average molecular weight is 235 g/mol. The summed E-state index contributed by atoms with van der Waals surface area (Å²) in [5, 5.41) is 9.46. The van der Waals surface area contributed by atoms with E-state index < -0.39 is 0 Å². The molecule has 0 radical (unpaired) electrons. The lowest BCUT2D eigenvalue weighted by molar-refractivity contribution is 0.221. The zero-order valence-electron chi connectivity index (χ0n) is 10.6. The van der Waals surface area contributed by atoms with Crippen molar-refractivity contribution in [3.63, 3.8) is 0 Å². The standard InChI is InChI=1S/C14H21NO2/c1-3-15(4-2)10-11-7-8-17-14-9-12(16)5-6-13(11)14/h5-6,9,11,16H,3-4,7-8,10H2,1-2H3. The van der Waals surface area contributed by atoms with Crippen molar-refractivity contribution >= 4 is 0 Å². The quantitative estimate of drug-likeness (QED) is 0.870. The van der Waals surface area contributed by atoms with E-state index in [4.69, 9.17) is 4.74 Å². The minimum atomic E-state index is 0.284. The molecule has 94 valence electrons. The van der Waals surface area contributed by atoms with Crippen LogP contribution in [0.5, 0.6) is 11.5 Å². The molecule has 1 N–H and O–H groups in total. The van der Waals surface area contributed by atoms with E-state index in [1.807, 2.05) is 6.07 Å². The number of fused-ring (bicyclic) bond motifs is 1. The van der Waals surface area contributed by atoms with Crippen LogP contribution in [0.3, 0.4) is 0 Å². The van der Waals surface area contributed by atoms with E-state index in [9.17, 15) is 5.11 Å². The summed E-state index contributed by atoms with van der Waals surface area (Å²) >= 11 is 0. The van der Waals surface area contributed by atoms with E-state index in [-0.39, 0.29) is 5.75 Å². The molecule has 0 aromatic heterocycles. The van der Waals surface area contributed by atoms with Gasteiger partial charge in [0.1, 0.15) is 11.5 Å². The van der Waals surface area contributed by atoms with Gasteiger partial charge in [-0.1, -0.05) is 19.9 Å². The molecule has 1 unspecified atom stereocenters. The van der Waals surface area contributed by atoms with Crippen molar-refractivity contribution in [2.45, 2.75) is 26.2 Å². The second-order valence-electron chi connectivity index (χ2n) is 4.54. The summed E-state index contributed by atoms with van der Waals surface area (Å²) in [6, 6.07) is 5.48. The van der Waals surface area contributed by atoms with Crippen LogP contribution in [0.15, 0.2) is 18.2 Å². The third-order valence-corrected chi connectivity index (χ3v) is 3.53. The summed E-state index contributed by atoms with van der Waals surface area (Å²) in [7, 11) is 0. The number of hydrogen-bond acceptors (Lipinski definition) is 3. The van der Waals surface area contributed by atoms with Crippen molar-refractivity contribution < 1.29 is 9.84 Å². The maximum absolute atomic E-state index is 9.46. The first-order valence-electron chi connectivity index (χ1n) is 6.42. The van der Waals surface area contributed by atoms with Crippen LogP contribution in [-0.4, -0.2) is 36.2 Å². The molecule has 0 fully saturated rings. The topological polar surface area (TPSA) is 32.7 Å². The van der Waals surface area contributed by atoms with Crippen LogP contribution in [0.25, 0.3) is 0 Å². The molecule has 0 spiro atoms. The smallest absolute Gasteiger partial charge is 0.126 e. The van der Waals surface area contributed by atoms with Crippen molar-refractivity contribution in [3.05, 3.63) is 23.8 Å². The molecular weight excluding hydrogens is 214 g/mol. The maximum atomic E-state index is 9.46. The molecule has 1 aromatic carbocycles. The number of aromatic hydroxyl groups is 1. The first-order chi connectivity index (χ1) is 8.24. The number of ether oxygens (including phenoxy) is 1. The Morgan fingerprint density at radius 2 is 2.12 bits per heavy atom. The van der Waals surface area contributed by atoms with Gasteiger partial charge in [-0.15, -0.1) is 0 Å². The number of phenols is 1. The highest BCUT2D eigenvalue weighted by Gasteiger charge is 2.23. The molecule has 0 saturated heterocycles. The molecule has 1 aliphatic rings. The maximum Gasteiger partial charge on any atom is 0.126 e. The predicted molar refractivity (Wildman–Crippen MR) is 68.7 cm³/mol. The molecule has 0 amide bonds. The molecule has 0 aliphatic carbocycles. The summed E-state index contributed by atoms with van der Waals surface area (Å²) in [5.41, 5.74) is 1.24. The number of likely N-dealkylation sites (N-methyl/N-ethyl adjacent to an activating group) is 1. The molecule has 1 heterocycles. The average Bonchev–Trinajstić information content (AvgIpc) is 2.35. The highest BCUT2D eigenvalue weighted by atomic mass is 16.5. The first kappa shape index (κ1) is 12.2. The van der Waals surface area contributed by atoms with E-state index in [1.165, 1.54) is 5.56 Å². The molecule has 0 saturated carbocycles. The summed E-state index contributed by atoms with van der Waals surface area (Å²) in [5.74, 6) is 1.67. The largest absolute Gasteiger partial charge is 0.508 e. The van der Waals surface area contributed by atoms with Crippen LogP contribution in [-0.2, 0) is 0 Å². The van der Waals surface area contributed by atoms with Gasteiger partial charge >= 0.3 is 0 Å². The Bertz CT molecular complexity index is 374. The molecule has 2 rings (SSSR count). The Morgan fingerprint density at radius 3 is 2.82 bits per heavy atom. The summed E-state index contributed by atoms with van der Waals surface area (Å²) < 4.78 is 5.60. The van der Waals surface area contributed by atoms with Gasteiger partial charge in [0, 0.05) is 18.5 Å². The fraction of sp³-hybridized carbons (Fsp3) is 0.571. The van der Waals surface area contributed by atoms with Gasteiger partial charge < -0.3 is 14.7 Å². The first-order valence-corrected chi connectivity index (χ1v) is 6.42. The summed E-state index contributed by atoms with van der Waals surface area (Å²) in [4.78, 5) is 2.44. The lowest BCUT2D eigenvalue weighted by atomic mass is 9.92. The van der Waals surface area contributed by atoms with Crippen molar-refractivity contribution in [3.8, 4) is 11.5 Å². The molecule has 3 heteroatoms. The van der Waals surface area contributed by atoms with Crippen LogP contribution in [0, 0.1) is 0 Å². The Labute approximate surface area is 103 Å². The monoisotopic (exact) mass is 235 g/mol. The highest BCUT2D eigenvalue weighted by molar-refractivity contribution is 5.43. The van der Waals surface area contributed by atoms with Gasteiger partial charge in [0.25, 0.3) is 0 Å². The normalized spacial score (nSPS) is 18.9.